The zero-order valence-corrected chi connectivity index (χ0v) is 12.3. The Morgan fingerprint density at radius 3 is 2.11 bits per heavy atom. The number of nitrogens with one attached hydrogen (secondary N) is 1. The molecule has 0 saturated heterocycles. The minimum atomic E-state index is -3.65. The maximum atomic E-state index is 11.7. The second kappa shape index (κ2) is 6.36. The predicted molar refractivity (Wildman–Crippen MR) is 76.3 cm³/mol. The molecule has 0 fully saturated rings. The number of sulfonamides is 1. The van der Waals surface area contributed by atoms with Crippen molar-refractivity contribution in [3.63, 3.8) is 0 Å². The maximum Gasteiger partial charge on any atom is 0.233 e. The summed E-state index contributed by atoms with van der Waals surface area (Å²) >= 11 is 0. The zero-order chi connectivity index (χ0) is 14.5. The lowest BCUT2D eigenvalue weighted by Gasteiger charge is -2.08. The number of sulfone groups is 1. The summed E-state index contributed by atoms with van der Waals surface area (Å²) < 4.78 is 47.5. The first-order chi connectivity index (χ1) is 8.72. The molecule has 0 amide bonds. The van der Waals surface area contributed by atoms with Crippen LogP contribution in [0.25, 0.3) is 0 Å². The third kappa shape index (κ3) is 6.55. The van der Waals surface area contributed by atoms with Gasteiger partial charge in [-0.15, -0.1) is 0 Å². The fourth-order valence-electron chi connectivity index (χ4n) is 1.40. The summed E-state index contributed by atoms with van der Waals surface area (Å²) in [5, 5.41) is 0. The van der Waals surface area contributed by atoms with Crippen molar-refractivity contribution >= 4 is 25.5 Å². The molecule has 0 aliphatic carbocycles. The fourth-order valence-corrected chi connectivity index (χ4v) is 4.08. The van der Waals surface area contributed by atoms with E-state index >= 15 is 0 Å². The molecule has 1 rings (SSSR count). The van der Waals surface area contributed by atoms with Gasteiger partial charge in [0.05, 0.1) is 11.5 Å². The van der Waals surface area contributed by atoms with Gasteiger partial charge in [0, 0.05) is 11.9 Å². The number of hydrogen-bond donors (Lipinski definition) is 2. The molecule has 108 valence electrons. The molecule has 0 saturated carbocycles. The van der Waals surface area contributed by atoms with Crippen molar-refractivity contribution in [2.45, 2.75) is 6.42 Å². The van der Waals surface area contributed by atoms with E-state index in [0.717, 1.165) is 18.2 Å². The van der Waals surface area contributed by atoms with Gasteiger partial charge in [0.15, 0.2) is 0 Å². The highest BCUT2D eigenvalue weighted by molar-refractivity contribution is 7.95. The molecule has 0 aromatic heterocycles. The van der Waals surface area contributed by atoms with E-state index in [1.54, 1.807) is 24.3 Å². The highest BCUT2D eigenvalue weighted by Crippen LogP contribution is 2.11. The van der Waals surface area contributed by atoms with Crippen molar-refractivity contribution in [3.8, 4) is 0 Å². The molecule has 0 radical (unpaired) electrons. The molecule has 3 N–H and O–H groups in total. The second-order valence-electron chi connectivity index (χ2n) is 4.29. The molecule has 1 aromatic carbocycles. The van der Waals surface area contributed by atoms with E-state index in [-0.39, 0.29) is 0 Å². The van der Waals surface area contributed by atoms with E-state index in [0.29, 0.717) is 12.2 Å². The van der Waals surface area contributed by atoms with Crippen LogP contribution < -0.4 is 10.5 Å². The molecule has 19 heavy (non-hydrogen) atoms. The van der Waals surface area contributed by atoms with Gasteiger partial charge in [-0.3, -0.25) is 4.72 Å². The molecular formula is C11H18N2O4S2. The Kier molecular flexibility index (Phi) is 5.33. The Morgan fingerprint density at radius 1 is 1.05 bits per heavy atom. The third-order valence-corrected chi connectivity index (χ3v) is 4.88. The van der Waals surface area contributed by atoms with E-state index in [1.165, 1.54) is 0 Å². The van der Waals surface area contributed by atoms with E-state index in [1.807, 2.05) is 0 Å². The summed E-state index contributed by atoms with van der Waals surface area (Å²) in [6, 6.07) is 6.81. The average Bonchev–Trinajstić information content (AvgIpc) is 2.29. The van der Waals surface area contributed by atoms with Gasteiger partial charge in [-0.1, -0.05) is 12.1 Å². The van der Waals surface area contributed by atoms with Crippen LogP contribution >= 0.6 is 0 Å². The van der Waals surface area contributed by atoms with Crippen LogP contribution in [0.3, 0.4) is 0 Å². The topological polar surface area (TPSA) is 106 Å². The van der Waals surface area contributed by atoms with Crippen molar-refractivity contribution in [1.29, 1.82) is 0 Å². The van der Waals surface area contributed by atoms with Gasteiger partial charge in [-0.2, -0.15) is 0 Å². The lowest BCUT2D eigenvalue weighted by atomic mass is 10.1. The smallest absolute Gasteiger partial charge is 0.233 e. The molecular weight excluding hydrogens is 288 g/mol. The standard InChI is InChI=1S/C11H18N2O4S2/c1-18(14,15)8-9-19(16,17)13-11-4-2-10(3-5-11)6-7-12/h2-5,13H,6-9,12H2,1H3. The van der Waals surface area contributed by atoms with Gasteiger partial charge in [-0.05, 0) is 30.7 Å². The minimum Gasteiger partial charge on any atom is -0.330 e. The van der Waals surface area contributed by atoms with Crippen molar-refractivity contribution in [2.75, 3.05) is 29.0 Å². The molecule has 6 nitrogen and oxygen atoms in total. The number of anilines is 1. The lowest BCUT2D eigenvalue weighted by molar-refractivity contribution is 0.593. The van der Waals surface area contributed by atoms with E-state index < -0.39 is 31.4 Å². The molecule has 1 aromatic rings. The van der Waals surface area contributed by atoms with Gasteiger partial charge in [0.1, 0.15) is 9.84 Å². The van der Waals surface area contributed by atoms with Crippen LogP contribution in [0.15, 0.2) is 24.3 Å². The normalized spacial score (nSPS) is 12.3. The summed E-state index contributed by atoms with van der Waals surface area (Å²) in [6.45, 7) is 0.527. The van der Waals surface area contributed by atoms with Gasteiger partial charge in [-0.25, -0.2) is 16.8 Å². The first-order valence-electron chi connectivity index (χ1n) is 5.69. The highest BCUT2D eigenvalue weighted by Gasteiger charge is 2.14. The number of rotatable bonds is 7. The summed E-state index contributed by atoms with van der Waals surface area (Å²) in [7, 11) is -6.94. The van der Waals surface area contributed by atoms with Crippen molar-refractivity contribution in [1.82, 2.24) is 0 Å². The second-order valence-corrected chi connectivity index (χ2v) is 8.39. The molecule has 0 aliphatic rings. The molecule has 0 aliphatic heterocycles. The van der Waals surface area contributed by atoms with Crippen LogP contribution in [-0.4, -0.2) is 41.1 Å². The van der Waals surface area contributed by atoms with Crippen LogP contribution in [0.1, 0.15) is 5.56 Å². The van der Waals surface area contributed by atoms with Crippen molar-refractivity contribution in [3.05, 3.63) is 29.8 Å². The molecule has 0 bridgehead atoms. The van der Waals surface area contributed by atoms with E-state index in [4.69, 9.17) is 5.73 Å². The maximum absolute atomic E-state index is 11.7. The number of nitrogens with two attached hydrogens (primary N) is 1. The monoisotopic (exact) mass is 306 g/mol. The summed E-state index contributed by atoms with van der Waals surface area (Å²) in [5.74, 6) is -0.843. The first kappa shape index (κ1) is 15.9. The van der Waals surface area contributed by atoms with Gasteiger partial charge >= 0.3 is 0 Å². The van der Waals surface area contributed by atoms with Gasteiger partial charge < -0.3 is 5.73 Å². The van der Waals surface area contributed by atoms with Gasteiger partial charge in [0.25, 0.3) is 0 Å². The zero-order valence-electron chi connectivity index (χ0n) is 10.7. The SMILES string of the molecule is CS(=O)(=O)CCS(=O)(=O)Nc1ccc(CCN)cc1. The average molecular weight is 306 g/mol. The number of hydrogen-bond acceptors (Lipinski definition) is 5. The van der Waals surface area contributed by atoms with E-state index in [2.05, 4.69) is 4.72 Å². The summed E-state index contributed by atoms with van der Waals surface area (Å²) in [4.78, 5) is 0. The Hall–Kier alpha value is -1.12. The Morgan fingerprint density at radius 2 is 1.63 bits per heavy atom. The fraction of sp³-hybridized carbons (Fsp3) is 0.455. The van der Waals surface area contributed by atoms with Crippen molar-refractivity contribution in [2.24, 2.45) is 5.73 Å². The third-order valence-electron chi connectivity index (χ3n) is 2.38. The van der Waals surface area contributed by atoms with Crippen molar-refractivity contribution < 1.29 is 16.8 Å². The molecule has 8 heteroatoms. The summed E-state index contributed by atoms with van der Waals surface area (Å²) in [5.41, 5.74) is 6.84. The largest absolute Gasteiger partial charge is 0.330 e. The van der Waals surface area contributed by atoms with Crippen LogP contribution in [0.2, 0.25) is 0 Å². The minimum absolute atomic E-state index is 0.395. The molecule has 0 heterocycles. The van der Waals surface area contributed by atoms with Crippen LogP contribution in [0, 0.1) is 0 Å². The highest BCUT2D eigenvalue weighted by atomic mass is 32.2. The quantitative estimate of drug-likeness (QED) is 0.736. The molecule has 0 spiro atoms. The summed E-state index contributed by atoms with van der Waals surface area (Å²) in [6.07, 6.45) is 1.73. The first-order valence-corrected chi connectivity index (χ1v) is 9.40. The van der Waals surface area contributed by atoms with Crippen LogP contribution in [0.4, 0.5) is 5.69 Å². The Bertz CT molecular complexity index is 607. The van der Waals surface area contributed by atoms with Crippen LogP contribution in [0.5, 0.6) is 0 Å². The Balaban J connectivity index is 2.67. The lowest BCUT2D eigenvalue weighted by Crippen LogP contribution is -2.22. The number of benzene rings is 1. The Labute approximate surface area is 114 Å². The molecule has 0 atom stereocenters. The van der Waals surface area contributed by atoms with E-state index in [9.17, 15) is 16.8 Å². The predicted octanol–water partition coefficient (Wildman–Crippen LogP) is -0.0259. The van der Waals surface area contributed by atoms with Crippen LogP contribution in [-0.2, 0) is 26.3 Å². The van der Waals surface area contributed by atoms with Gasteiger partial charge in [0.2, 0.25) is 10.0 Å². The molecule has 0 unspecified atom stereocenters.